The van der Waals surface area contributed by atoms with E-state index in [1.54, 1.807) is 7.11 Å². The average Bonchev–Trinajstić information content (AvgIpc) is 3.51. The van der Waals surface area contributed by atoms with Gasteiger partial charge in [0.25, 0.3) is 0 Å². The smallest absolute Gasteiger partial charge is 0.159 e. The van der Waals surface area contributed by atoms with Crippen LogP contribution in [0.1, 0.15) is 62.5 Å². The SMILES string of the molecule is C=C(NCc1ccc(Cl)c(Cl)c1)c1cn(CCCN2[C@@H]3CC[C@H]2CC(CC(=O)C2=CC=C(Cl)CC2)C3)c2c(OC)cccc12. The minimum Gasteiger partial charge on any atom is -0.495 e. The summed E-state index contributed by atoms with van der Waals surface area (Å²) in [6.45, 7) is 6.92. The number of ketones is 1. The van der Waals surface area contributed by atoms with E-state index in [1.807, 2.05) is 42.5 Å². The number of aromatic nitrogens is 1. The fourth-order valence-electron chi connectivity index (χ4n) is 7.44. The van der Waals surface area contributed by atoms with Crippen molar-refractivity contribution in [1.29, 1.82) is 0 Å². The molecule has 2 saturated heterocycles. The van der Waals surface area contributed by atoms with Gasteiger partial charge in [-0.2, -0.15) is 0 Å². The summed E-state index contributed by atoms with van der Waals surface area (Å²) < 4.78 is 8.12. The van der Waals surface area contributed by atoms with Crippen molar-refractivity contribution in [2.75, 3.05) is 13.7 Å². The number of carbonyl (C=O) groups is 1. The van der Waals surface area contributed by atoms with E-state index < -0.39 is 0 Å². The second-order valence-corrected chi connectivity index (χ2v) is 13.7. The average molecular weight is 653 g/mol. The Morgan fingerprint density at radius 1 is 1.02 bits per heavy atom. The Kier molecular flexibility index (Phi) is 9.77. The number of fused-ring (bicyclic) bond motifs is 3. The van der Waals surface area contributed by atoms with E-state index in [0.717, 1.165) is 89.3 Å². The molecule has 1 N–H and O–H groups in total. The van der Waals surface area contributed by atoms with Gasteiger partial charge in [-0.15, -0.1) is 0 Å². The molecular weight excluding hydrogens is 613 g/mol. The zero-order chi connectivity index (χ0) is 30.8. The predicted molar refractivity (Wildman–Crippen MR) is 183 cm³/mol. The molecular formula is C36H40Cl3N3O2. The highest BCUT2D eigenvalue weighted by molar-refractivity contribution is 6.42. The van der Waals surface area contributed by atoms with E-state index in [2.05, 4.69) is 33.6 Å². The molecule has 1 unspecified atom stereocenters. The summed E-state index contributed by atoms with van der Waals surface area (Å²) in [6, 6.07) is 13.0. The topological polar surface area (TPSA) is 46.5 Å². The van der Waals surface area contributed by atoms with Crippen molar-refractivity contribution in [3.63, 3.8) is 0 Å². The molecule has 44 heavy (non-hydrogen) atoms. The molecule has 2 aromatic carbocycles. The van der Waals surface area contributed by atoms with Crippen molar-refractivity contribution >= 4 is 57.2 Å². The van der Waals surface area contributed by atoms with Crippen LogP contribution in [0.15, 0.2) is 71.9 Å². The maximum atomic E-state index is 13.0. The molecule has 0 saturated carbocycles. The van der Waals surface area contributed by atoms with Gasteiger partial charge in [0.2, 0.25) is 0 Å². The van der Waals surface area contributed by atoms with Crippen LogP contribution >= 0.6 is 34.8 Å². The van der Waals surface area contributed by atoms with Gasteiger partial charge in [0.05, 0.1) is 22.7 Å². The molecule has 2 aliphatic heterocycles. The largest absolute Gasteiger partial charge is 0.495 e. The molecule has 3 aliphatic rings. The van der Waals surface area contributed by atoms with E-state index in [-0.39, 0.29) is 0 Å². The number of para-hydroxylation sites is 1. The number of rotatable bonds is 12. The number of carbonyl (C=O) groups excluding carboxylic acids is 1. The number of methoxy groups -OCH3 is 1. The zero-order valence-electron chi connectivity index (χ0n) is 25.3. The van der Waals surface area contributed by atoms with Crippen LogP contribution in [0.2, 0.25) is 10.0 Å². The second-order valence-electron chi connectivity index (χ2n) is 12.4. The molecule has 1 aliphatic carbocycles. The normalized spacial score (nSPS) is 21.7. The van der Waals surface area contributed by atoms with Crippen molar-refractivity contribution in [3.05, 3.63) is 93.1 Å². The number of allylic oxidation sites excluding steroid dienone is 4. The zero-order valence-corrected chi connectivity index (χ0v) is 27.5. The summed E-state index contributed by atoms with van der Waals surface area (Å²) in [6.07, 6.45) is 14.0. The highest BCUT2D eigenvalue weighted by atomic mass is 35.5. The molecule has 3 aromatic rings. The van der Waals surface area contributed by atoms with Gasteiger partial charge in [0, 0.05) is 66.0 Å². The minimum absolute atomic E-state index is 0.320. The molecule has 8 heteroatoms. The number of Topliss-reactive ketones (excluding diaryl/α,β-unsaturated/α-hetero) is 1. The summed E-state index contributed by atoms with van der Waals surface area (Å²) in [5, 5.41) is 6.54. The third-order valence-electron chi connectivity index (χ3n) is 9.62. The summed E-state index contributed by atoms with van der Waals surface area (Å²) >= 11 is 18.4. The highest BCUT2D eigenvalue weighted by Crippen LogP contribution is 2.41. The molecule has 0 spiro atoms. The first-order chi connectivity index (χ1) is 21.3. The van der Waals surface area contributed by atoms with Crippen LogP contribution in [0, 0.1) is 5.92 Å². The first-order valence-electron chi connectivity index (χ1n) is 15.7. The molecule has 3 atom stereocenters. The maximum absolute atomic E-state index is 13.0. The van der Waals surface area contributed by atoms with E-state index in [0.29, 0.717) is 46.8 Å². The Morgan fingerprint density at radius 2 is 1.82 bits per heavy atom. The quantitative estimate of drug-likeness (QED) is 0.212. The van der Waals surface area contributed by atoms with Gasteiger partial charge in [-0.05, 0) is 86.3 Å². The van der Waals surface area contributed by atoms with E-state index in [9.17, 15) is 4.79 Å². The van der Waals surface area contributed by atoms with Crippen molar-refractivity contribution in [1.82, 2.24) is 14.8 Å². The van der Waals surface area contributed by atoms with Gasteiger partial charge in [-0.25, -0.2) is 0 Å². The fraction of sp³-hybridized carbons (Fsp3) is 0.417. The molecule has 2 bridgehead atoms. The maximum Gasteiger partial charge on any atom is 0.159 e. The Labute approximate surface area is 275 Å². The van der Waals surface area contributed by atoms with E-state index in [1.165, 1.54) is 12.8 Å². The van der Waals surface area contributed by atoms with E-state index >= 15 is 0 Å². The summed E-state index contributed by atoms with van der Waals surface area (Å²) in [4.78, 5) is 15.7. The van der Waals surface area contributed by atoms with Crippen molar-refractivity contribution in [2.45, 2.75) is 76.5 Å². The first-order valence-corrected chi connectivity index (χ1v) is 16.8. The van der Waals surface area contributed by atoms with Gasteiger partial charge in [-0.3, -0.25) is 9.69 Å². The number of benzene rings is 2. The van der Waals surface area contributed by atoms with Crippen LogP contribution < -0.4 is 10.1 Å². The number of piperidine rings is 1. The molecule has 232 valence electrons. The number of aryl methyl sites for hydroxylation is 1. The van der Waals surface area contributed by atoms with Crippen LogP contribution in [0.3, 0.4) is 0 Å². The second kappa shape index (κ2) is 13.7. The van der Waals surface area contributed by atoms with Gasteiger partial charge in [0.1, 0.15) is 5.75 Å². The monoisotopic (exact) mass is 651 g/mol. The molecule has 5 nitrogen and oxygen atoms in total. The van der Waals surface area contributed by atoms with Crippen LogP contribution in [-0.4, -0.2) is 41.0 Å². The Morgan fingerprint density at radius 3 is 2.52 bits per heavy atom. The summed E-state index contributed by atoms with van der Waals surface area (Å²) in [7, 11) is 1.73. The van der Waals surface area contributed by atoms with Crippen LogP contribution in [-0.2, 0) is 17.9 Å². The van der Waals surface area contributed by atoms with Crippen LogP contribution in [0.5, 0.6) is 5.75 Å². The van der Waals surface area contributed by atoms with Crippen molar-refractivity contribution in [3.8, 4) is 5.75 Å². The van der Waals surface area contributed by atoms with Crippen molar-refractivity contribution in [2.24, 2.45) is 5.92 Å². The number of nitrogens with zero attached hydrogens (tertiary/aromatic N) is 2. The lowest BCUT2D eigenvalue weighted by atomic mass is 9.84. The Hall–Kier alpha value is -2.70. The lowest BCUT2D eigenvalue weighted by Gasteiger charge is -2.39. The predicted octanol–water partition coefficient (Wildman–Crippen LogP) is 9.15. The summed E-state index contributed by atoms with van der Waals surface area (Å²) in [5.74, 6) is 1.67. The number of hydrogen-bond donors (Lipinski definition) is 1. The number of nitrogens with one attached hydrogen (secondary N) is 1. The lowest BCUT2D eigenvalue weighted by molar-refractivity contribution is -0.117. The standard InChI is InChI=1S/C36H40Cl3N3O2/c1-23(40-21-24-7-14-32(38)33(39)19-24)31-22-41(36-30(31)5-3-6-35(36)44-2)15-4-16-42-28-12-13-29(42)18-25(17-28)20-34(43)26-8-10-27(37)11-9-26/h3,5-8,10,14,19,22,25,28-29,40H,1,4,9,11-13,15-18,20-21H2,2H3/t25?,28-,29+. The third kappa shape index (κ3) is 6.77. The molecule has 3 heterocycles. The molecule has 2 fully saturated rings. The van der Waals surface area contributed by atoms with Gasteiger partial charge >= 0.3 is 0 Å². The fourth-order valence-corrected chi connectivity index (χ4v) is 7.92. The number of hydrogen-bond acceptors (Lipinski definition) is 4. The first kappa shape index (κ1) is 31.3. The highest BCUT2D eigenvalue weighted by Gasteiger charge is 2.40. The molecule has 1 aromatic heterocycles. The Balaban J connectivity index is 1.09. The van der Waals surface area contributed by atoms with Gasteiger partial charge in [-0.1, -0.05) is 65.7 Å². The minimum atomic E-state index is 0.320. The van der Waals surface area contributed by atoms with Crippen LogP contribution in [0.4, 0.5) is 0 Å². The summed E-state index contributed by atoms with van der Waals surface area (Å²) in [5.41, 5.74) is 5.00. The molecule has 0 radical (unpaired) electrons. The van der Waals surface area contributed by atoms with Gasteiger partial charge in [0.15, 0.2) is 5.78 Å². The molecule has 0 amide bonds. The van der Waals surface area contributed by atoms with Crippen molar-refractivity contribution < 1.29 is 9.53 Å². The number of ether oxygens (including phenoxy) is 1. The Bertz CT molecular complexity index is 1610. The molecule has 6 rings (SSSR count). The number of halogens is 3. The van der Waals surface area contributed by atoms with Crippen LogP contribution in [0.25, 0.3) is 16.6 Å². The van der Waals surface area contributed by atoms with Gasteiger partial charge < -0.3 is 14.6 Å². The van der Waals surface area contributed by atoms with E-state index in [4.69, 9.17) is 39.5 Å². The lowest BCUT2D eigenvalue weighted by Crippen LogP contribution is -2.44. The third-order valence-corrected chi connectivity index (χ3v) is 10.7.